The number of aliphatic hydroxyl groups is 1. The molecule has 2 aromatic heterocycles. The van der Waals surface area contributed by atoms with Crippen molar-refractivity contribution >= 4 is 49.7 Å². The number of Topliss-reactive ketones (excluding diaryl/α,β-unsaturated/α-hetero) is 1. The molecule has 0 radical (unpaired) electrons. The highest BCUT2D eigenvalue weighted by Crippen LogP contribution is 2.45. The second-order valence-corrected chi connectivity index (χ2v) is 9.09. The van der Waals surface area contributed by atoms with E-state index in [1.807, 2.05) is 25.1 Å². The summed E-state index contributed by atoms with van der Waals surface area (Å²) in [4.78, 5) is 32.5. The van der Waals surface area contributed by atoms with E-state index in [0.29, 0.717) is 15.5 Å². The number of benzene rings is 2. The van der Waals surface area contributed by atoms with Crippen LogP contribution >= 0.6 is 22.7 Å². The SMILES string of the molecule is Cc1ccc2nc(N3C(=O)C(O)=C(C(=O)c4cccs4)[C@@H]3c3ccccc3F)sc2c1. The first kappa shape index (κ1) is 19.6. The van der Waals surface area contributed by atoms with Crippen LogP contribution in [0.25, 0.3) is 10.2 Å². The maximum Gasteiger partial charge on any atom is 0.296 e. The number of fused-ring (bicyclic) bond motifs is 1. The lowest BCUT2D eigenvalue weighted by molar-refractivity contribution is -0.117. The van der Waals surface area contributed by atoms with Crippen molar-refractivity contribution in [1.29, 1.82) is 0 Å². The lowest BCUT2D eigenvalue weighted by Crippen LogP contribution is -2.31. The number of aryl methyl sites for hydroxylation is 1. The van der Waals surface area contributed by atoms with Crippen LogP contribution in [0.15, 0.2) is 71.3 Å². The number of hydrogen-bond acceptors (Lipinski definition) is 6. The minimum atomic E-state index is -1.12. The predicted molar refractivity (Wildman–Crippen MR) is 119 cm³/mol. The zero-order valence-electron chi connectivity index (χ0n) is 16.2. The van der Waals surface area contributed by atoms with Crippen molar-refractivity contribution in [3.8, 4) is 0 Å². The lowest BCUT2D eigenvalue weighted by Gasteiger charge is -2.24. The summed E-state index contributed by atoms with van der Waals surface area (Å²) in [6.45, 7) is 1.95. The molecule has 8 heteroatoms. The van der Waals surface area contributed by atoms with Crippen molar-refractivity contribution in [3.05, 3.63) is 93.1 Å². The Kier molecular flexibility index (Phi) is 4.68. The Hall–Kier alpha value is -3.36. The molecule has 1 aliphatic rings. The highest BCUT2D eigenvalue weighted by atomic mass is 32.1. The van der Waals surface area contributed by atoms with E-state index in [1.165, 1.54) is 45.8 Å². The number of aliphatic hydroxyl groups excluding tert-OH is 1. The number of aromatic nitrogens is 1. The number of carbonyl (C=O) groups excluding carboxylic acids is 2. The predicted octanol–water partition coefficient (Wildman–Crippen LogP) is 5.59. The van der Waals surface area contributed by atoms with E-state index in [1.54, 1.807) is 23.6 Å². The van der Waals surface area contributed by atoms with E-state index in [4.69, 9.17) is 0 Å². The van der Waals surface area contributed by atoms with Crippen molar-refractivity contribution in [1.82, 2.24) is 4.98 Å². The topological polar surface area (TPSA) is 70.5 Å². The molecule has 1 aliphatic heterocycles. The molecular formula is C23H15FN2O3S2. The fourth-order valence-corrected chi connectivity index (χ4v) is 5.46. The number of thiophene rings is 1. The Labute approximate surface area is 184 Å². The molecule has 1 atom stereocenters. The van der Waals surface area contributed by atoms with Crippen molar-refractivity contribution in [2.75, 3.05) is 4.90 Å². The molecule has 0 aliphatic carbocycles. The molecule has 1 N–H and O–H groups in total. The summed E-state index contributed by atoms with van der Waals surface area (Å²) in [5, 5.41) is 12.7. The van der Waals surface area contributed by atoms with Gasteiger partial charge in [0.25, 0.3) is 5.91 Å². The number of hydrogen-bond donors (Lipinski definition) is 1. The largest absolute Gasteiger partial charge is 0.503 e. The first-order chi connectivity index (χ1) is 15.0. The van der Waals surface area contributed by atoms with Crippen LogP contribution in [0.1, 0.15) is 26.8 Å². The van der Waals surface area contributed by atoms with Gasteiger partial charge in [0.05, 0.1) is 20.7 Å². The summed E-state index contributed by atoms with van der Waals surface area (Å²) in [5.41, 5.74) is 1.70. The zero-order valence-corrected chi connectivity index (χ0v) is 17.8. The highest BCUT2D eigenvalue weighted by molar-refractivity contribution is 7.22. The monoisotopic (exact) mass is 450 g/mol. The number of carbonyl (C=O) groups is 2. The van der Waals surface area contributed by atoms with Crippen LogP contribution in [0.3, 0.4) is 0 Å². The summed E-state index contributed by atoms with van der Waals surface area (Å²) in [5.74, 6) is -2.53. The molecule has 5 nitrogen and oxygen atoms in total. The van der Waals surface area contributed by atoms with Gasteiger partial charge in [-0.15, -0.1) is 11.3 Å². The number of nitrogens with zero attached hydrogens (tertiary/aromatic N) is 2. The number of thiazole rings is 1. The molecule has 31 heavy (non-hydrogen) atoms. The Morgan fingerprint density at radius 3 is 2.71 bits per heavy atom. The van der Waals surface area contributed by atoms with Gasteiger partial charge in [-0.2, -0.15) is 0 Å². The Morgan fingerprint density at radius 1 is 1.16 bits per heavy atom. The molecule has 1 amide bonds. The van der Waals surface area contributed by atoms with Gasteiger partial charge in [-0.05, 0) is 42.1 Å². The third-order valence-electron chi connectivity index (χ3n) is 5.14. The van der Waals surface area contributed by atoms with Gasteiger partial charge in [0.1, 0.15) is 11.9 Å². The molecule has 5 rings (SSSR count). The van der Waals surface area contributed by atoms with Gasteiger partial charge >= 0.3 is 0 Å². The van der Waals surface area contributed by atoms with Gasteiger partial charge < -0.3 is 5.11 Å². The molecule has 2 aromatic carbocycles. The maximum absolute atomic E-state index is 14.9. The number of amides is 1. The molecule has 0 saturated heterocycles. The van der Waals surface area contributed by atoms with E-state index in [9.17, 15) is 19.1 Å². The van der Waals surface area contributed by atoms with Gasteiger partial charge in [-0.1, -0.05) is 41.7 Å². The van der Waals surface area contributed by atoms with Crippen LogP contribution in [0.2, 0.25) is 0 Å². The molecule has 0 spiro atoms. The average molecular weight is 451 g/mol. The molecule has 0 fully saturated rings. The van der Waals surface area contributed by atoms with Crippen LogP contribution in [0.5, 0.6) is 0 Å². The van der Waals surface area contributed by atoms with Crippen LogP contribution < -0.4 is 4.90 Å². The molecule has 3 heterocycles. The maximum atomic E-state index is 14.9. The van der Waals surface area contributed by atoms with Crippen molar-refractivity contribution in [2.45, 2.75) is 13.0 Å². The summed E-state index contributed by atoms with van der Waals surface area (Å²) >= 11 is 2.45. The Bertz CT molecular complexity index is 1370. The van der Waals surface area contributed by atoms with E-state index < -0.39 is 29.3 Å². The minimum Gasteiger partial charge on any atom is -0.503 e. The third kappa shape index (κ3) is 3.15. The van der Waals surface area contributed by atoms with Crippen LogP contribution in [0, 0.1) is 12.7 Å². The molecule has 0 saturated carbocycles. The summed E-state index contributed by atoms with van der Waals surface area (Å²) in [6, 6.07) is 13.8. The lowest BCUT2D eigenvalue weighted by atomic mass is 9.95. The van der Waals surface area contributed by atoms with E-state index in [2.05, 4.69) is 4.98 Å². The number of ketones is 1. The second-order valence-electron chi connectivity index (χ2n) is 7.14. The smallest absolute Gasteiger partial charge is 0.296 e. The van der Waals surface area contributed by atoms with Gasteiger partial charge in [-0.25, -0.2) is 9.37 Å². The van der Waals surface area contributed by atoms with Crippen molar-refractivity contribution < 1.29 is 19.1 Å². The molecular weight excluding hydrogens is 435 g/mol. The number of rotatable bonds is 4. The number of anilines is 1. The highest BCUT2D eigenvalue weighted by Gasteiger charge is 2.46. The summed E-state index contributed by atoms with van der Waals surface area (Å²) < 4.78 is 15.7. The molecule has 0 bridgehead atoms. The molecule has 154 valence electrons. The van der Waals surface area contributed by atoms with Gasteiger partial charge in [-0.3, -0.25) is 14.5 Å². The minimum absolute atomic E-state index is 0.121. The molecule has 4 aromatic rings. The average Bonchev–Trinajstić information content (AvgIpc) is 3.47. The first-order valence-corrected chi connectivity index (χ1v) is 11.1. The van der Waals surface area contributed by atoms with Crippen LogP contribution in [-0.4, -0.2) is 21.8 Å². The fourth-order valence-electron chi connectivity index (χ4n) is 3.69. The summed E-state index contributed by atoms with van der Waals surface area (Å²) in [7, 11) is 0. The van der Waals surface area contributed by atoms with Gasteiger partial charge in [0.2, 0.25) is 5.78 Å². The third-order valence-corrected chi connectivity index (χ3v) is 7.02. The van der Waals surface area contributed by atoms with E-state index >= 15 is 0 Å². The second kappa shape index (κ2) is 7.40. The molecule has 0 unspecified atom stereocenters. The van der Waals surface area contributed by atoms with E-state index in [-0.39, 0.29) is 11.1 Å². The van der Waals surface area contributed by atoms with Crippen molar-refractivity contribution in [3.63, 3.8) is 0 Å². The van der Waals surface area contributed by atoms with Crippen LogP contribution in [-0.2, 0) is 4.79 Å². The van der Waals surface area contributed by atoms with Crippen LogP contribution in [0.4, 0.5) is 9.52 Å². The normalized spacial score (nSPS) is 16.5. The first-order valence-electron chi connectivity index (χ1n) is 9.42. The standard InChI is InChI=1S/C23H15FN2O3S2/c1-12-8-9-15-17(11-12)31-23(25-15)26-19(13-5-2-3-6-14(13)24)18(21(28)22(26)29)20(27)16-7-4-10-30-16/h2-11,19,28H,1H3/t19-/m0/s1. The van der Waals surface area contributed by atoms with E-state index in [0.717, 1.165) is 10.3 Å². The number of halogens is 1. The zero-order chi connectivity index (χ0) is 21.7. The Morgan fingerprint density at radius 2 is 1.97 bits per heavy atom. The summed E-state index contributed by atoms with van der Waals surface area (Å²) in [6.07, 6.45) is 0. The van der Waals surface area contributed by atoms with Gasteiger partial charge in [0.15, 0.2) is 10.9 Å². The quantitative estimate of drug-likeness (QED) is 0.412. The fraction of sp³-hybridized carbons (Fsp3) is 0.0870. The van der Waals surface area contributed by atoms with Gasteiger partial charge in [0, 0.05) is 5.56 Å². The Balaban J connectivity index is 1.71. The van der Waals surface area contributed by atoms with Crippen molar-refractivity contribution in [2.24, 2.45) is 0 Å².